The van der Waals surface area contributed by atoms with Crippen LogP contribution in [0, 0.1) is 6.92 Å². The molecule has 1 amide bonds. The van der Waals surface area contributed by atoms with E-state index in [1.54, 1.807) is 53.1 Å². The number of thiophene rings is 1. The number of sulfonamides is 1. The maximum Gasteiger partial charge on any atom is 0.271 e. The van der Waals surface area contributed by atoms with E-state index in [2.05, 4.69) is 15.0 Å². The van der Waals surface area contributed by atoms with E-state index in [1.807, 2.05) is 25.1 Å². The molecule has 0 fully saturated rings. The predicted molar refractivity (Wildman–Crippen MR) is 118 cm³/mol. The van der Waals surface area contributed by atoms with Crippen molar-refractivity contribution < 1.29 is 13.2 Å². The number of hydrogen-bond donors (Lipinski definition) is 2. The first-order valence-corrected chi connectivity index (χ1v) is 11.9. The number of rotatable bonds is 6. The lowest BCUT2D eigenvalue weighted by atomic mass is 10.1. The number of fused-ring (bicyclic) bond motifs is 1. The predicted octanol–water partition coefficient (Wildman–Crippen LogP) is 4.65. The number of hydrogen-bond acceptors (Lipinski definition) is 6. The van der Waals surface area contributed by atoms with Crippen LogP contribution in [-0.2, 0) is 21.2 Å². The van der Waals surface area contributed by atoms with Crippen molar-refractivity contribution in [2.45, 2.75) is 17.6 Å². The standard InChI is InChI=1S/C20H17N3O3S3/c1-13-21-17-9-8-16(12-18(17)28-13)22-19(24)11-14-4-6-15(7-5-14)23-29(25,26)20-3-2-10-27-20/h2-10,12,23H,11H2,1H3,(H,22,24). The quantitative estimate of drug-likeness (QED) is 0.454. The molecule has 0 aliphatic carbocycles. The summed E-state index contributed by atoms with van der Waals surface area (Å²) in [5.74, 6) is -0.141. The van der Waals surface area contributed by atoms with Gasteiger partial charge in [0.2, 0.25) is 5.91 Å². The van der Waals surface area contributed by atoms with Gasteiger partial charge in [0.25, 0.3) is 10.0 Å². The maximum absolute atomic E-state index is 12.4. The molecule has 2 aromatic heterocycles. The molecule has 6 nitrogen and oxygen atoms in total. The van der Waals surface area contributed by atoms with Gasteiger partial charge < -0.3 is 5.32 Å². The van der Waals surface area contributed by atoms with Crippen molar-refractivity contribution in [3.8, 4) is 0 Å². The lowest BCUT2D eigenvalue weighted by Gasteiger charge is -2.08. The molecule has 9 heteroatoms. The molecule has 0 aliphatic rings. The molecular weight excluding hydrogens is 426 g/mol. The van der Waals surface area contributed by atoms with Crippen LogP contribution in [-0.4, -0.2) is 19.3 Å². The molecule has 2 N–H and O–H groups in total. The third-order valence-corrected chi connectivity index (χ3v) is 7.82. The second-order valence-electron chi connectivity index (χ2n) is 6.37. The number of aromatic nitrogens is 1. The van der Waals surface area contributed by atoms with Gasteiger partial charge >= 0.3 is 0 Å². The number of nitrogens with zero attached hydrogens (tertiary/aromatic N) is 1. The molecule has 0 aliphatic heterocycles. The second kappa shape index (κ2) is 7.94. The van der Waals surface area contributed by atoms with Crippen LogP contribution in [0.3, 0.4) is 0 Å². The molecule has 0 saturated heterocycles. The Balaban J connectivity index is 1.39. The average Bonchev–Trinajstić information content (AvgIpc) is 3.32. The summed E-state index contributed by atoms with van der Waals surface area (Å²) in [6, 6.07) is 15.7. The number of aryl methyl sites for hydroxylation is 1. The highest BCUT2D eigenvalue weighted by Gasteiger charge is 2.15. The largest absolute Gasteiger partial charge is 0.326 e. The first kappa shape index (κ1) is 19.6. The Morgan fingerprint density at radius 1 is 1.07 bits per heavy atom. The van der Waals surface area contributed by atoms with Crippen LogP contribution in [0.15, 0.2) is 64.2 Å². The topological polar surface area (TPSA) is 88.2 Å². The van der Waals surface area contributed by atoms with Gasteiger partial charge in [-0.05, 0) is 54.3 Å². The zero-order valence-electron chi connectivity index (χ0n) is 15.4. The smallest absolute Gasteiger partial charge is 0.271 e. The number of nitrogens with one attached hydrogen (secondary N) is 2. The average molecular weight is 444 g/mol. The zero-order chi connectivity index (χ0) is 20.4. The lowest BCUT2D eigenvalue weighted by molar-refractivity contribution is -0.115. The third-order valence-electron chi connectivity index (χ3n) is 4.11. The Morgan fingerprint density at radius 3 is 2.55 bits per heavy atom. The Hall–Kier alpha value is -2.75. The van der Waals surface area contributed by atoms with Crippen molar-refractivity contribution in [3.63, 3.8) is 0 Å². The van der Waals surface area contributed by atoms with Crippen molar-refractivity contribution in [3.05, 3.63) is 70.5 Å². The molecular formula is C20H17N3O3S3. The van der Waals surface area contributed by atoms with E-state index >= 15 is 0 Å². The van der Waals surface area contributed by atoms with Gasteiger partial charge in [0.05, 0.1) is 21.6 Å². The molecule has 2 aromatic carbocycles. The number of benzene rings is 2. The summed E-state index contributed by atoms with van der Waals surface area (Å²) in [7, 11) is -3.58. The van der Waals surface area contributed by atoms with Gasteiger partial charge in [-0.3, -0.25) is 9.52 Å². The van der Waals surface area contributed by atoms with Gasteiger partial charge in [-0.2, -0.15) is 0 Å². The molecule has 0 atom stereocenters. The van der Waals surface area contributed by atoms with E-state index in [9.17, 15) is 13.2 Å². The summed E-state index contributed by atoms with van der Waals surface area (Å²) in [4.78, 5) is 16.8. The van der Waals surface area contributed by atoms with E-state index in [1.165, 1.54) is 0 Å². The summed E-state index contributed by atoms with van der Waals surface area (Å²) in [6.07, 6.45) is 0.192. The van der Waals surface area contributed by atoms with Gasteiger partial charge in [0, 0.05) is 11.4 Å². The minimum absolute atomic E-state index is 0.141. The summed E-state index contributed by atoms with van der Waals surface area (Å²) in [5.41, 5.74) is 2.89. The van der Waals surface area contributed by atoms with Gasteiger partial charge in [-0.15, -0.1) is 22.7 Å². The van der Waals surface area contributed by atoms with Crippen molar-refractivity contribution in [1.82, 2.24) is 4.98 Å². The fourth-order valence-electron chi connectivity index (χ4n) is 2.82. The molecule has 0 bridgehead atoms. The van der Waals surface area contributed by atoms with Crippen molar-refractivity contribution >= 4 is 60.2 Å². The normalized spacial score (nSPS) is 11.5. The first-order valence-electron chi connectivity index (χ1n) is 8.71. The zero-order valence-corrected chi connectivity index (χ0v) is 17.8. The van der Waals surface area contributed by atoms with Gasteiger partial charge in [0.15, 0.2) is 0 Å². The monoisotopic (exact) mass is 443 g/mol. The van der Waals surface area contributed by atoms with Crippen LogP contribution < -0.4 is 10.0 Å². The Bertz CT molecular complexity index is 1260. The van der Waals surface area contributed by atoms with Gasteiger partial charge in [-0.25, -0.2) is 13.4 Å². The van der Waals surface area contributed by atoms with E-state index in [0.29, 0.717) is 5.69 Å². The molecule has 4 aromatic rings. The number of anilines is 2. The molecule has 148 valence electrons. The van der Waals surface area contributed by atoms with E-state index < -0.39 is 10.0 Å². The van der Waals surface area contributed by atoms with Crippen LogP contribution in [0.1, 0.15) is 10.6 Å². The van der Waals surface area contributed by atoms with E-state index in [0.717, 1.165) is 37.8 Å². The number of carbonyl (C=O) groups excluding carboxylic acids is 1. The lowest BCUT2D eigenvalue weighted by Crippen LogP contribution is -2.14. The SMILES string of the molecule is Cc1nc2ccc(NC(=O)Cc3ccc(NS(=O)(=O)c4cccs4)cc3)cc2s1. The molecule has 0 spiro atoms. The third kappa shape index (κ3) is 4.64. The minimum Gasteiger partial charge on any atom is -0.326 e. The van der Waals surface area contributed by atoms with Crippen molar-refractivity contribution in [2.75, 3.05) is 10.0 Å². The van der Waals surface area contributed by atoms with E-state index in [4.69, 9.17) is 0 Å². The molecule has 0 radical (unpaired) electrons. The second-order valence-corrected chi connectivity index (χ2v) is 10.5. The molecule has 29 heavy (non-hydrogen) atoms. The molecule has 4 rings (SSSR count). The Kier molecular flexibility index (Phi) is 5.35. The van der Waals surface area contributed by atoms with Crippen LogP contribution in [0.5, 0.6) is 0 Å². The van der Waals surface area contributed by atoms with Crippen molar-refractivity contribution in [1.29, 1.82) is 0 Å². The van der Waals surface area contributed by atoms with Gasteiger partial charge in [-0.1, -0.05) is 18.2 Å². The number of carbonyl (C=O) groups is 1. The first-order chi connectivity index (χ1) is 13.9. The van der Waals surface area contributed by atoms with Crippen LogP contribution >= 0.6 is 22.7 Å². The van der Waals surface area contributed by atoms with Crippen LogP contribution in [0.4, 0.5) is 11.4 Å². The maximum atomic E-state index is 12.4. The Labute approximate surface area is 176 Å². The summed E-state index contributed by atoms with van der Waals surface area (Å²) in [6.45, 7) is 1.95. The highest BCUT2D eigenvalue weighted by atomic mass is 32.2. The minimum atomic E-state index is -3.58. The summed E-state index contributed by atoms with van der Waals surface area (Å²) < 4.78 is 28.3. The van der Waals surface area contributed by atoms with E-state index in [-0.39, 0.29) is 16.5 Å². The van der Waals surface area contributed by atoms with Gasteiger partial charge in [0.1, 0.15) is 4.21 Å². The molecule has 2 heterocycles. The Morgan fingerprint density at radius 2 is 1.83 bits per heavy atom. The number of amides is 1. The fraction of sp³-hybridized carbons (Fsp3) is 0.100. The molecule has 0 saturated carbocycles. The fourth-order valence-corrected chi connectivity index (χ4v) is 5.74. The molecule has 0 unspecified atom stereocenters. The number of thiazole rings is 1. The van der Waals surface area contributed by atoms with Crippen molar-refractivity contribution in [2.24, 2.45) is 0 Å². The highest BCUT2D eigenvalue weighted by molar-refractivity contribution is 7.94. The van der Waals surface area contributed by atoms with Crippen LogP contribution in [0.25, 0.3) is 10.2 Å². The summed E-state index contributed by atoms with van der Waals surface area (Å²) in [5, 5.41) is 5.59. The highest BCUT2D eigenvalue weighted by Crippen LogP contribution is 2.25. The van der Waals surface area contributed by atoms with Crippen LogP contribution in [0.2, 0.25) is 0 Å². The summed E-state index contributed by atoms with van der Waals surface area (Å²) >= 11 is 2.74.